The molecule has 3 heterocycles. The summed E-state index contributed by atoms with van der Waals surface area (Å²) in [7, 11) is 8.41. The molecule has 4 rings (SSSR count). The summed E-state index contributed by atoms with van der Waals surface area (Å²) in [5, 5.41) is 0. The van der Waals surface area contributed by atoms with Gasteiger partial charge < -0.3 is 9.80 Å². The second kappa shape index (κ2) is 11.0. The van der Waals surface area contributed by atoms with Crippen molar-refractivity contribution in [3.8, 4) is 11.3 Å². The highest BCUT2D eigenvalue weighted by atomic mass is 15.2. The van der Waals surface area contributed by atoms with Gasteiger partial charge in [0.2, 0.25) is 0 Å². The monoisotopic (exact) mass is 471 g/mol. The minimum atomic E-state index is 0.278. The van der Waals surface area contributed by atoms with Gasteiger partial charge in [-0.05, 0) is 70.2 Å². The number of imidazole rings is 1. The van der Waals surface area contributed by atoms with Crippen LogP contribution in [0.3, 0.4) is 0 Å². The molecule has 7 heteroatoms. The van der Waals surface area contributed by atoms with Crippen molar-refractivity contribution >= 4 is 18.1 Å². The largest absolute Gasteiger partial charge is 0.358 e. The van der Waals surface area contributed by atoms with Gasteiger partial charge in [-0.25, -0.2) is 9.97 Å². The molecule has 0 radical (unpaired) electrons. The number of pyridine rings is 2. The first-order valence-corrected chi connectivity index (χ1v) is 12.2. The number of aromatic nitrogens is 4. The van der Waals surface area contributed by atoms with Gasteiger partial charge in [-0.2, -0.15) is 0 Å². The maximum Gasteiger partial charge on any atom is 0.136 e. The molecule has 1 aliphatic rings. The zero-order valence-electron chi connectivity index (χ0n) is 21.5. The van der Waals surface area contributed by atoms with Crippen LogP contribution in [0.2, 0.25) is 0 Å². The Balaban J connectivity index is 1.63. The Bertz CT molecular complexity index is 1160. The van der Waals surface area contributed by atoms with Crippen LogP contribution in [0.25, 0.3) is 23.5 Å². The fraction of sp³-hybridized carbons (Fsp3) is 0.393. The van der Waals surface area contributed by atoms with E-state index in [-0.39, 0.29) is 6.04 Å². The lowest BCUT2D eigenvalue weighted by atomic mass is 9.91. The molecule has 3 aromatic rings. The fourth-order valence-electron chi connectivity index (χ4n) is 4.82. The smallest absolute Gasteiger partial charge is 0.136 e. The molecule has 0 aliphatic heterocycles. The van der Waals surface area contributed by atoms with Crippen molar-refractivity contribution in [1.82, 2.24) is 29.3 Å². The van der Waals surface area contributed by atoms with Crippen LogP contribution in [0, 0.1) is 0 Å². The van der Waals surface area contributed by atoms with E-state index in [4.69, 9.17) is 15.0 Å². The Hall–Kier alpha value is -3.29. The average molecular weight is 472 g/mol. The van der Waals surface area contributed by atoms with E-state index in [1.165, 1.54) is 17.7 Å². The van der Waals surface area contributed by atoms with Gasteiger partial charge >= 0.3 is 0 Å². The molecular weight excluding hydrogens is 434 g/mol. The van der Waals surface area contributed by atoms with Crippen molar-refractivity contribution in [3.63, 3.8) is 0 Å². The zero-order valence-corrected chi connectivity index (χ0v) is 21.5. The van der Waals surface area contributed by atoms with Crippen LogP contribution in [0.4, 0.5) is 5.82 Å². The summed E-state index contributed by atoms with van der Waals surface area (Å²) in [6, 6.07) is 8.72. The standard InChI is InChI=1S/C28H37N7/c1-7-25-31-23(20-34(6)24-13-9-11-21-12-10-16-29-27(21)24)28(35(25)8-2)22-14-15-26(30-19-22)33(5)18-17-32(3)4/h7-8,10,12,14-16,19,24H,1-2,9,11,13,17-18,20H2,3-6H3/t24-/m0/s1. The summed E-state index contributed by atoms with van der Waals surface area (Å²) in [5.41, 5.74) is 5.56. The molecule has 184 valence electrons. The second-order valence-electron chi connectivity index (χ2n) is 9.52. The Morgan fingerprint density at radius 1 is 1.09 bits per heavy atom. The molecule has 0 N–H and O–H groups in total. The lowest BCUT2D eigenvalue weighted by Gasteiger charge is -2.32. The molecule has 0 spiro atoms. The topological polar surface area (TPSA) is 53.3 Å². The van der Waals surface area contributed by atoms with E-state index in [0.29, 0.717) is 6.54 Å². The quantitative estimate of drug-likeness (QED) is 0.431. The molecule has 0 saturated carbocycles. The molecule has 0 aromatic carbocycles. The normalized spacial score (nSPS) is 15.3. The van der Waals surface area contributed by atoms with Crippen LogP contribution >= 0.6 is 0 Å². The summed E-state index contributed by atoms with van der Waals surface area (Å²) >= 11 is 0. The average Bonchev–Trinajstić information content (AvgIpc) is 3.23. The molecule has 1 aliphatic carbocycles. The highest BCUT2D eigenvalue weighted by Gasteiger charge is 2.27. The van der Waals surface area contributed by atoms with Gasteiger partial charge in [0.1, 0.15) is 11.6 Å². The zero-order chi connectivity index (χ0) is 24.9. The fourth-order valence-corrected chi connectivity index (χ4v) is 4.82. The number of hydrogen-bond donors (Lipinski definition) is 0. The van der Waals surface area contributed by atoms with Crippen LogP contribution in [0.1, 0.15) is 41.7 Å². The molecule has 1 atom stereocenters. The van der Waals surface area contributed by atoms with Crippen molar-refractivity contribution in [2.24, 2.45) is 0 Å². The third-order valence-corrected chi connectivity index (χ3v) is 6.77. The van der Waals surface area contributed by atoms with Crippen LogP contribution in [-0.4, -0.2) is 70.6 Å². The van der Waals surface area contributed by atoms with Crippen molar-refractivity contribution in [2.45, 2.75) is 31.8 Å². The molecule has 0 saturated heterocycles. The molecule has 0 fully saturated rings. The minimum Gasteiger partial charge on any atom is -0.358 e. The SMILES string of the molecule is C=Cc1nc(CN(C)[C@H]2CCCc3cccnc32)c(-c2ccc(N(C)CCN(C)C)nc2)n1C=C. The molecule has 0 bridgehead atoms. The third-order valence-electron chi connectivity index (χ3n) is 6.77. The van der Waals surface area contributed by atoms with Crippen LogP contribution in [0.5, 0.6) is 0 Å². The highest BCUT2D eigenvalue weighted by Crippen LogP contribution is 2.34. The van der Waals surface area contributed by atoms with Gasteiger partial charge in [0, 0.05) is 50.8 Å². The summed E-state index contributed by atoms with van der Waals surface area (Å²) in [5.74, 6) is 1.74. The van der Waals surface area contributed by atoms with E-state index >= 15 is 0 Å². The number of anilines is 1. The van der Waals surface area contributed by atoms with E-state index in [9.17, 15) is 0 Å². The minimum absolute atomic E-state index is 0.278. The van der Waals surface area contributed by atoms with Crippen molar-refractivity contribution < 1.29 is 0 Å². The second-order valence-corrected chi connectivity index (χ2v) is 9.52. The summed E-state index contributed by atoms with van der Waals surface area (Å²) < 4.78 is 2.01. The molecule has 0 amide bonds. The predicted octanol–water partition coefficient (Wildman–Crippen LogP) is 4.59. The van der Waals surface area contributed by atoms with Crippen molar-refractivity contribution in [2.75, 3.05) is 46.2 Å². The van der Waals surface area contributed by atoms with E-state index in [2.05, 4.69) is 74.2 Å². The van der Waals surface area contributed by atoms with Crippen molar-refractivity contribution in [3.05, 3.63) is 72.6 Å². The predicted molar refractivity (Wildman–Crippen MR) is 145 cm³/mol. The summed E-state index contributed by atoms with van der Waals surface area (Å²) in [6.07, 6.45) is 10.8. The van der Waals surface area contributed by atoms with Crippen LogP contribution in [-0.2, 0) is 13.0 Å². The first kappa shape index (κ1) is 24.8. The van der Waals surface area contributed by atoms with Gasteiger partial charge in [0.15, 0.2) is 0 Å². The van der Waals surface area contributed by atoms with Gasteiger partial charge in [-0.1, -0.05) is 19.2 Å². The summed E-state index contributed by atoms with van der Waals surface area (Å²) in [4.78, 5) is 21.2. The number of fused-ring (bicyclic) bond motifs is 1. The summed E-state index contributed by atoms with van der Waals surface area (Å²) in [6.45, 7) is 10.6. The van der Waals surface area contributed by atoms with Crippen molar-refractivity contribution in [1.29, 1.82) is 0 Å². The van der Waals surface area contributed by atoms with Gasteiger partial charge in [0.05, 0.1) is 23.1 Å². The van der Waals surface area contributed by atoms with Gasteiger partial charge in [0.25, 0.3) is 0 Å². The van der Waals surface area contributed by atoms with Gasteiger partial charge in [-0.15, -0.1) is 0 Å². The Morgan fingerprint density at radius 3 is 2.60 bits per heavy atom. The third kappa shape index (κ3) is 5.36. The maximum atomic E-state index is 4.94. The van der Waals surface area contributed by atoms with Crippen LogP contribution < -0.4 is 4.90 Å². The lowest BCUT2D eigenvalue weighted by Crippen LogP contribution is -2.29. The van der Waals surface area contributed by atoms with E-state index < -0.39 is 0 Å². The Kier molecular flexibility index (Phi) is 7.78. The number of nitrogens with zero attached hydrogens (tertiary/aromatic N) is 7. The molecule has 0 unspecified atom stereocenters. The first-order chi connectivity index (χ1) is 16.9. The number of aryl methyl sites for hydroxylation is 1. The first-order valence-electron chi connectivity index (χ1n) is 12.2. The highest BCUT2D eigenvalue weighted by molar-refractivity contribution is 5.68. The molecule has 3 aromatic heterocycles. The van der Waals surface area contributed by atoms with E-state index in [0.717, 1.165) is 54.5 Å². The van der Waals surface area contributed by atoms with Gasteiger partial charge in [-0.3, -0.25) is 14.5 Å². The lowest BCUT2D eigenvalue weighted by molar-refractivity contribution is 0.207. The molecule has 35 heavy (non-hydrogen) atoms. The Labute approximate surface area is 209 Å². The molecular formula is C28H37N7. The number of hydrogen-bond acceptors (Lipinski definition) is 6. The van der Waals surface area contributed by atoms with E-state index in [1.807, 2.05) is 23.0 Å². The number of rotatable bonds is 10. The van der Waals surface area contributed by atoms with E-state index in [1.54, 1.807) is 12.3 Å². The molecule has 7 nitrogen and oxygen atoms in total. The maximum absolute atomic E-state index is 4.94. The van der Waals surface area contributed by atoms with Crippen LogP contribution in [0.15, 0.2) is 49.8 Å². The number of likely N-dealkylation sites (N-methyl/N-ethyl adjacent to an activating group) is 2. The Morgan fingerprint density at radius 2 is 1.91 bits per heavy atom.